The van der Waals surface area contributed by atoms with Crippen LogP contribution < -0.4 is 5.32 Å². The molecule has 33 heavy (non-hydrogen) atoms. The molecule has 0 bridgehead atoms. The molecule has 0 fully saturated rings. The first-order chi connectivity index (χ1) is 16.0. The molecule has 4 aromatic rings. The summed E-state index contributed by atoms with van der Waals surface area (Å²) in [5.74, 6) is -0.958. The highest BCUT2D eigenvalue weighted by molar-refractivity contribution is 5.99. The maximum absolute atomic E-state index is 12.5. The molecule has 0 aliphatic rings. The lowest BCUT2D eigenvalue weighted by Crippen LogP contribution is -2.28. The number of carbonyl (C=O) groups excluding carboxylic acids is 3. The van der Waals surface area contributed by atoms with E-state index in [1.165, 1.54) is 7.11 Å². The maximum Gasteiger partial charge on any atom is 0.338 e. The van der Waals surface area contributed by atoms with Gasteiger partial charge < -0.3 is 19.3 Å². The largest absolute Gasteiger partial charge is 0.465 e. The summed E-state index contributed by atoms with van der Waals surface area (Å²) in [5.41, 5.74) is 2.94. The Morgan fingerprint density at radius 2 is 1.64 bits per heavy atom. The summed E-state index contributed by atoms with van der Waals surface area (Å²) < 4.78 is 15.2. The molecule has 166 valence electrons. The van der Waals surface area contributed by atoms with Crippen molar-refractivity contribution < 1.29 is 28.4 Å². The van der Waals surface area contributed by atoms with Gasteiger partial charge in [-0.2, -0.15) is 0 Å². The molecule has 0 unspecified atom stereocenters. The lowest BCUT2D eigenvalue weighted by Gasteiger charge is -2.07. The Kier molecular flexibility index (Phi) is 6.45. The van der Waals surface area contributed by atoms with Gasteiger partial charge in [0.1, 0.15) is 5.52 Å². The Morgan fingerprint density at radius 1 is 0.909 bits per heavy atom. The number of nitrogens with one attached hydrogen (secondary N) is 1. The molecule has 1 amide bonds. The summed E-state index contributed by atoms with van der Waals surface area (Å²) in [5, 5.41) is 7.37. The predicted molar refractivity (Wildman–Crippen MR) is 119 cm³/mol. The number of aromatic nitrogens is 1. The topological polar surface area (TPSA) is 108 Å². The van der Waals surface area contributed by atoms with Gasteiger partial charge in [0.2, 0.25) is 0 Å². The second kappa shape index (κ2) is 9.78. The van der Waals surface area contributed by atoms with Crippen LogP contribution in [0.3, 0.4) is 0 Å². The Labute approximate surface area is 189 Å². The first-order valence-corrected chi connectivity index (χ1v) is 10.1. The monoisotopic (exact) mass is 444 g/mol. The lowest BCUT2D eigenvalue weighted by atomic mass is 10.1. The molecule has 8 heteroatoms. The van der Waals surface area contributed by atoms with E-state index in [2.05, 4.69) is 15.2 Å². The fraction of sp³-hybridized carbons (Fsp3) is 0.120. The number of benzene rings is 3. The molecular formula is C25H20N2O6. The molecule has 0 aliphatic carbocycles. The van der Waals surface area contributed by atoms with E-state index in [1.54, 1.807) is 42.5 Å². The smallest absolute Gasteiger partial charge is 0.338 e. The van der Waals surface area contributed by atoms with E-state index in [-0.39, 0.29) is 12.1 Å². The summed E-state index contributed by atoms with van der Waals surface area (Å²) in [7, 11) is 1.31. The van der Waals surface area contributed by atoms with Crippen LogP contribution in [-0.2, 0) is 20.8 Å². The Morgan fingerprint density at radius 3 is 2.36 bits per heavy atom. The van der Waals surface area contributed by atoms with Crippen LogP contribution >= 0.6 is 0 Å². The highest BCUT2D eigenvalue weighted by atomic mass is 16.5. The molecule has 0 atom stereocenters. The molecular weight excluding hydrogens is 424 g/mol. The van der Waals surface area contributed by atoms with Crippen molar-refractivity contribution in [3.05, 3.63) is 89.5 Å². The van der Waals surface area contributed by atoms with E-state index < -0.39 is 24.5 Å². The number of methoxy groups -OCH3 is 1. The highest BCUT2D eigenvalue weighted by Crippen LogP contribution is 2.29. The van der Waals surface area contributed by atoms with Crippen molar-refractivity contribution in [1.82, 2.24) is 10.5 Å². The van der Waals surface area contributed by atoms with Gasteiger partial charge in [-0.3, -0.25) is 4.79 Å². The van der Waals surface area contributed by atoms with Crippen LogP contribution in [0.2, 0.25) is 0 Å². The second-order valence-corrected chi connectivity index (χ2v) is 7.15. The minimum Gasteiger partial charge on any atom is -0.465 e. The third kappa shape index (κ3) is 5.07. The van der Waals surface area contributed by atoms with Crippen LogP contribution in [-0.4, -0.2) is 36.7 Å². The van der Waals surface area contributed by atoms with Gasteiger partial charge in [-0.15, -0.1) is 0 Å². The van der Waals surface area contributed by atoms with Gasteiger partial charge in [-0.1, -0.05) is 47.6 Å². The molecule has 1 heterocycles. The van der Waals surface area contributed by atoms with Crippen molar-refractivity contribution in [2.75, 3.05) is 13.7 Å². The average molecular weight is 444 g/mol. The van der Waals surface area contributed by atoms with Crippen molar-refractivity contribution in [3.63, 3.8) is 0 Å². The van der Waals surface area contributed by atoms with Crippen LogP contribution in [0.1, 0.15) is 26.3 Å². The zero-order valence-electron chi connectivity index (χ0n) is 17.7. The molecule has 3 aromatic carbocycles. The van der Waals surface area contributed by atoms with E-state index >= 15 is 0 Å². The fourth-order valence-corrected chi connectivity index (χ4v) is 3.21. The van der Waals surface area contributed by atoms with Crippen molar-refractivity contribution in [2.24, 2.45) is 0 Å². The van der Waals surface area contributed by atoms with Crippen molar-refractivity contribution in [2.45, 2.75) is 6.54 Å². The SMILES string of the molecule is COC(=O)c1ccc(CNC(=O)COC(=O)c2ccc3noc(-c4ccccc4)c3c2)cc1. The van der Waals surface area contributed by atoms with Gasteiger partial charge in [0, 0.05) is 12.1 Å². The highest BCUT2D eigenvalue weighted by Gasteiger charge is 2.16. The molecule has 0 saturated carbocycles. The number of amides is 1. The van der Waals surface area contributed by atoms with Crippen LogP contribution in [0.5, 0.6) is 0 Å². The van der Waals surface area contributed by atoms with Gasteiger partial charge in [0.25, 0.3) is 5.91 Å². The Balaban J connectivity index is 1.34. The van der Waals surface area contributed by atoms with Crippen LogP contribution in [0.15, 0.2) is 77.3 Å². The number of rotatable bonds is 7. The zero-order chi connectivity index (χ0) is 23.2. The number of hydrogen-bond donors (Lipinski definition) is 1. The summed E-state index contributed by atoms with van der Waals surface area (Å²) in [4.78, 5) is 36.0. The van der Waals surface area contributed by atoms with Crippen LogP contribution in [0, 0.1) is 0 Å². The Bertz CT molecular complexity index is 1300. The molecule has 0 spiro atoms. The van der Waals surface area contributed by atoms with Gasteiger partial charge in [0.05, 0.1) is 23.6 Å². The van der Waals surface area contributed by atoms with Crippen molar-refractivity contribution >= 4 is 28.7 Å². The van der Waals surface area contributed by atoms with E-state index in [9.17, 15) is 14.4 Å². The average Bonchev–Trinajstić information content (AvgIpc) is 3.29. The predicted octanol–water partition coefficient (Wildman–Crippen LogP) is 3.75. The second-order valence-electron chi connectivity index (χ2n) is 7.15. The summed E-state index contributed by atoms with van der Waals surface area (Å²) in [6.45, 7) is -0.197. The van der Waals surface area contributed by atoms with Crippen molar-refractivity contribution in [3.8, 4) is 11.3 Å². The Hall–Kier alpha value is -4.46. The zero-order valence-corrected chi connectivity index (χ0v) is 17.7. The van der Waals surface area contributed by atoms with Gasteiger partial charge >= 0.3 is 11.9 Å². The van der Waals surface area contributed by atoms with Gasteiger partial charge in [-0.25, -0.2) is 9.59 Å². The first-order valence-electron chi connectivity index (χ1n) is 10.1. The summed E-state index contributed by atoms with van der Waals surface area (Å²) in [6, 6.07) is 20.9. The normalized spacial score (nSPS) is 10.6. The van der Waals surface area contributed by atoms with E-state index in [0.717, 1.165) is 11.1 Å². The molecule has 0 saturated heterocycles. The van der Waals surface area contributed by atoms with Gasteiger partial charge in [0.15, 0.2) is 12.4 Å². The summed E-state index contributed by atoms with van der Waals surface area (Å²) >= 11 is 0. The lowest BCUT2D eigenvalue weighted by molar-refractivity contribution is -0.124. The number of carbonyl (C=O) groups is 3. The standard InChI is InChI=1S/C25H20N2O6/c1-31-24(29)18-9-7-16(8-10-18)14-26-22(28)15-32-25(30)19-11-12-21-20(13-19)23(33-27-21)17-5-3-2-4-6-17/h2-13H,14-15H2,1H3,(H,26,28). The molecule has 4 rings (SSSR count). The van der Waals surface area contributed by atoms with Crippen LogP contribution in [0.4, 0.5) is 0 Å². The van der Waals surface area contributed by atoms with E-state index in [0.29, 0.717) is 22.2 Å². The van der Waals surface area contributed by atoms with E-state index in [4.69, 9.17) is 9.26 Å². The first kappa shape index (κ1) is 21.8. The molecule has 1 aromatic heterocycles. The summed E-state index contributed by atoms with van der Waals surface area (Å²) in [6.07, 6.45) is 0. The van der Waals surface area contributed by atoms with E-state index in [1.807, 2.05) is 30.3 Å². The third-order valence-electron chi connectivity index (χ3n) is 4.95. The number of hydrogen-bond acceptors (Lipinski definition) is 7. The quantitative estimate of drug-likeness (QED) is 0.433. The van der Waals surface area contributed by atoms with Crippen LogP contribution in [0.25, 0.3) is 22.2 Å². The molecule has 1 N–H and O–H groups in total. The fourth-order valence-electron chi connectivity index (χ4n) is 3.21. The molecule has 8 nitrogen and oxygen atoms in total. The molecule has 0 aliphatic heterocycles. The third-order valence-corrected chi connectivity index (χ3v) is 4.95. The van der Waals surface area contributed by atoms with Crippen molar-refractivity contribution in [1.29, 1.82) is 0 Å². The number of fused-ring (bicyclic) bond motifs is 1. The molecule has 0 radical (unpaired) electrons. The minimum atomic E-state index is -0.630. The number of ether oxygens (including phenoxy) is 2. The minimum absolute atomic E-state index is 0.227. The van der Waals surface area contributed by atoms with Gasteiger partial charge in [-0.05, 0) is 35.9 Å². The number of esters is 2. The maximum atomic E-state index is 12.5. The number of nitrogens with zero attached hydrogens (tertiary/aromatic N) is 1.